The topological polar surface area (TPSA) is 57.6 Å². The van der Waals surface area contributed by atoms with Gasteiger partial charge in [-0.15, -0.1) is 0 Å². The number of rotatable bonds is 10. The Balaban J connectivity index is 1.49. The van der Waals surface area contributed by atoms with E-state index in [4.69, 9.17) is 0 Å². The Morgan fingerprint density at radius 1 is 0.722 bits per heavy atom. The third kappa shape index (κ3) is 6.70. The van der Waals surface area contributed by atoms with Gasteiger partial charge in [0.15, 0.2) is 0 Å². The van der Waals surface area contributed by atoms with Crippen molar-refractivity contribution >= 4 is 11.9 Å². The quantitative estimate of drug-likeness (QED) is 0.281. The molecule has 4 heteroatoms. The lowest BCUT2D eigenvalue weighted by Gasteiger charge is -2.23. The summed E-state index contributed by atoms with van der Waals surface area (Å²) in [5.41, 5.74) is 6.29. The van der Waals surface area contributed by atoms with Gasteiger partial charge in [0, 0.05) is 13.1 Å². The molecule has 1 amide bonds. The van der Waals surface area contributed by atoms with Crippen molar-refractivity contribution in [2.45, 2.75) is 32.7 Å². The molecule has 0 atom stereocenters. The minimum atomic E-state index is -0.944. The van der Waals surface area contributed by atoms with Gasteiger partial charge in [-0.05, 0) is 53.6 Å². The van der Waals surface area contributed by atoms with Crippen molar-refractivity contribution in [3.8, 4) is 11.1 Å². The van der Waals surface area contributed by atoms with E-state index in [1.54, 1.807) is 12.1 Å². The van der Waals surface area contributed by atoms with Crippen LogP contribution in [0.1, 0.15) is 39.0 Å². The second-order valence-electron chi connectivity index (χ2n) is 9.11. The van der Waals surface area contributed by atoms with Crippen molar-refractivity contribution in [3.63, 3.8) is 0 Å². The maximum absolute atomic E-state index is 13.3. The first kappa shape index (κ1) is 24.9. The van der Waals surface area contributed by atoms with Gasteiger partial charge in [0.05, 0.1) is 12.0 Å². The minimum absolute atomic E-state index is 0.104. The average molecular weight is 478 g/mol. The summed E-state index contributed by atoms with van der Waals surface area (Å²) in [5, 5.41) is 9.52. The van der Waals surface area contributed by atoms with Crippen molar-refractivity contribution in [1.82, 2.24) is 4.90 Å². The van der Waals surface area contributed by atoms with E-state index in [-0.39, 0.29) is 11.5 Å². The number of aryl methyl sites for hydroxylation is 2. The van der Waals surface area contributed by atoms with Crippen LogP contribution in [0.5, 0.6) is 0 Å². The van der Waals surface area contributed by atoms with Gasteiger partial charge in [-0.25, -0.2) is 4.79 Å². The highest BCUT2D eigenvalue weighted by atomic mass is 16.4. The van der Waals surface area contributed by atoms with Gasteiger partial charge in [-0.1, -0.05) is 103 Å². The normalized spacial score (nSPS) is 10.7. The summed E-state index contributed by atoms with van der Waals surface area (Å²) < 4.78 is 0. The molecule has 0 aromatic heterocycles. The molecular weight excluding hydrogens is 446 g/mol. The van der Waals surface area contributed by atoms with Gasteiger partial charge in [0.1, 0.15) is 0 Å². The molecule has 0 fully saturated rings. The largest absolute Gasteiger partial charge is 0.478 e. The zero-order chi connectivity index (χ0) is 25.3. The molecule has 182 valence electrons. The Labute approximate surface area is 212 Å². The molecule has 36 heavy (non-hydrogen) atoms. The van der Waals surface area contributed by atoms with Crippen LogP contribution in [0, 0.1) is 6.92 Å². The standard InChI is InChI=1S/C32H31NO3/c1-24-13-15-26(16-14-24)22-31(34)33(21-7-10-25-8-3-2-4-9-25)23-27-17-19-28(20-18-27)29-11-5-6-12-30(29)32(35)36/h2-6,8-9,11-20H,7,10,21-23H2,1H3,(H,35,36). The summed E-state index contributed by atoms with van der Waals surface area (Å²) >= 11 is 0. The molecule has 4 rings (SSSR count). The van der Waals surface area contributed by atoms with Crippen molar-refractivity contribution in [3.05, 3.63) is 131 Å². The molecule has 1 N–H and O–H groups in total. The SMILES string of the molecule is Cc1ccc(CC(=O)N(CCCc2ccccc2)Cc2ccc(-c3ccccc3C(=O)O)cc2)cc1. The average Bonchev–Trinajstić information content (AvgIpc) is 2.90. The summed E-state index contributed by atoms with van der Waals surface area (Å²) in [5.74, 6) is -0.840. The van der Waals surface area contributed by atoms with Gasteiger partial charge in [-0.2, -0.15) is 0 Å². The van der Waals surface area contributed by atoms with Gasteiger partial charge in [0.2, 0.25) is 5.91 Å². The summed E-state index contributed by atoms with van der Waals surface area (Å²) in [6.45, 7) is 3.23. The van der Waals surface area contributed by atoms with Crippen molar-refractivity contribution in [1.29, 1.82) is 0 Å². The summed E-state index contributed by atoms with van der Waals surface area (Å²) in [6.07, 6.45) is 2.17. The maximum Gasteiger partial charge on any atom is 0.336 e. The molecule has 4 aromatic rings. The van der Waals surface area contributed by atoms with E-state index in [0.29, 0.717) is 25.1 Å². The Hall–Kier alpha value is -4.18. The van der Waals surface area contributed by atoms with Gasteiger partial charge in [-0.3, -0.25) is 4.79 Å². The van der Waals surface area contributed by atoms with Crippen LogP contribution in [0.4, 0.5) is 0 Å². The first-order valence-electron chi connectivity index (χ1n) is 12.3. The smallest absolute Gasteiger partial charge is 0.336 e. The van der Waals surface area contributed by atoms with Crippen molar-refractivity contribution in [2.75, 3.05) is 6.54 Å². The summed E-state index contributed by atoms with van der Waals surface area (Å²) in [7, 11) is 0. The lowest BCUT2D eigenvalue weighted by atomic mass is 9.98. The number of carbonyl (C=O) groups excluding carboxylic acids is 1. The van der Waals surface area contributed by atoms with E-state index in [2.05, 4.69) is 12.1 Å². The number of hydrogen-bond donors (Lipinski definition) is 1. The second-order valence-corrected chi connectivity index (χ2v) is 9.11. The molecule has 0 spiro atoms. The van der Waals surface area contributed by atoms with Gasteiger partial charge < -0.3 is 10.0 Å². The molecule has 4 nitrogen and oxygen atoms in total. The number of aromatic carboxylic acids is 1. The number of benzene rings is 4. The Kier molecular flexibility index (Phi) is 8.30. The lowest BCUT2D eigenvalue weighted by Crippen LogP contribution is -2.33. The number of hydrogen-bond acceptors (Lipinski definition) is 2. The summed E-state index contributed by atoms with van der Waals surface area (Å²) in [4.78, 5) is 26.9. The molecule has 0 bridgehead atoms. The van der Waals surface area contributed by atoms with Crippen LogP contribution < -0.4 is 0 Å². The van der Waals surface area contributed by atoms with Crippen LogP contribution in [-0.4, -0.2) is 28.4 Å². The predicted molar refractivity (Wildman–Crippen MR) is 144 cm³/mol. The van der Waals surface area contributed by atoms with E-state index < -0.39 is 5.97 Å². The first-order valence-corrected chi connectivity index (χ1v) is 12.3. The van der Waals surface area contributed by atoms with Gasteiger partial charge >= 0.3 is 5.97 Å². The molecule has 0 aliphatic carbocycles. The van der Waals surface area contributed by atoms with Crippen molar-refractivity contribution < 1.29 is 14.7 Å². The minimum Gasteiger partial charge on any atom is -0.478 e. The number of amides is 1. The number of nitrogens with zero attached hydrogens (tertiary/aromatic N) is 1. The van der Waals surface area contributed by atoms with Crippen LogP contribution in [-0.2, 0) is 24.2 Å². The molecular formula is C32H31NO3. The zero-order valence-electron chi connectivity index (χ0n) is 20.6. The molecule has 0 unspecified atom stereocenters. The number of carboxylic acid groups (broad SMARTS) is 1. The molecule has 4 aromatic carbocycles. The van der Waals surface area contributed by atoms with Crippen LogP contribution >= 0.6 is 0 Å². The number of carboxylic acids is 1. The van der Waals surface area contributed by atoms with Crippen LogP contribution in [0.15, 0.2) is 103 Å². The fraction of sp³-hybridized carbons (Fsp3) is 0.188. The summed E-state index contributed by atoms with van der Waals surface area (Å²) in [6, 6.07) is 33.3. The van der Waals surface area contributed by atoms with Gasteiger partial charge in [0.25, 0.3) is 0 Å². The fourth-order valence-electron chi connectivity index (χ4n) is 4.33. The molecule has 0 heterocycles. The maximum atomic E-state index is 13.3. The fourth-order valence-corrected chi connectivity index (χ4v) is 4.33. The molecule has 0 aliphatic rings. The van der Waals surface area contributed by atoms with Crippen LogP contribution in [0.3, 0.4) is 0 Å². The van der Waals surface area contributed by atoms with E-state index >= 15 is 0 Å². The van der Waals surface area contributed by atoms with E-state index in [0.717, 1.165) is 29.5 Å². The van der Waals surface area contributed by atoms with Crippen LogP contribution in [0.2, 0.25) is 0 Å². The molecule has 0 saturated heterocycles. The van der Waals surface area contributed by atoms with E-state index in [9.17, 15) is 14.7 Å². The molecule has 0 saturated carbocycles. The lowest BCUT2D eigenvalue weighted by molar-refractivity contribution is -0.131. The first-order chi connectivity index (χ1) is 17.5. The zero-order valence-corrected chi connectivity index (χ0v) is 20.6. The third-order valence-corrected chi connectivity index (χ3v) is 6.36. The molecule has 0 aliphatic heterocycles. The van der Waals surface area contributed by atoms with Crippen LogP contribution in [0.25, 0.3) is 11.1 Å². The highest BCUT2D eigenvalue weighted by Crippen LogP contribution is 2.24. The van der Waals surface area contributed by atoms with E-state index in [1.807, 2.05) is 90.7 Å². The van der Waals surface area contributed by atoms with Crippen molar-refractivity contribution in [2.24, 2.45) is 0 Å². The number of carbonyl (C=O) groups is 2. The Bertz CT molecular complexity index is 1300. The Morgan fingerprint density at radius 2 is 1.36 bits per heavy atom. The Morgan fingerprint density at radius 3 is 2.06 bits per heavy atom. The monoisotopic (exact) mass is 477 g/mol. The molecule has 0 radical (unpaired) electrons. The third-order valence-electron chi connectivity index (χ3n) is 6.36. The second kappa shape index (κ2) is 12.0. The highest BCUT2D eigenvalue weighted by Gasteiger charge is 2.16. The van der Waals surface area contributed by atoms with E-state index in [1.165, 1.54) is 11.1 Å². The highest BCUT2D eigenvalue weighted by molar-refractivity contribution is 5.96. The predicted octanol–water partition coefficient (Wildman–Crippen LogP) is 6.56.